The van der Waals surface area contributed by atoms with Gasteiger partial charge in [-0.25, -0.2) is 0 Å². The van der Waals surface area contributed by atoms with E-state index in [0.717, 1.165) is 5.56 Å². The summed E-state index contributed by atoms with van der Waals surface area (Å²) in [5.41, 5.74) is 8.58. The Morgan fingerprint density at radius 3 is 2.41 bits per heavy atom. The molecule has 3 heteroatoms. The summed E-state index contributed by atoms with van der Waals surface area (Å²) >= 11 is 0. The van der Waals surface area contributed by atoms with Gasteiger partial charge >= 0.3 is 0 Å². The number of benzene rings is 1. The van der Waals surface area contributed by atoms with Crippen molar-refractivity contribution in [3.05, 3.63) is 53.9 Å². The van der Waals surface area contributed by atoms with E-state index in [1.807, 2.05) is 37.6 Å². The second-order valence-electron chi connectivity index (χ2n) is 5.01. The van der Waals surface area contributed by atoms with Gasteiger partial charge in [0.25, 0.3) is 0 Å². The number of nitrogens with two attached hydrogens (primary N) is 1. The van der Waals surface area contributed by atoms with Crippen molar-refractivity contribution in [1.82, 2.24) is 9.78 Å². The van der Waals surface area contributed by atoms with Gasteiger partial charge in [-0.2, -0.15) is 5.10 Å². The van der Waals surface area contributed by atoms with Crippen LogP contribution >= 0.6 is 0 Å². The predicted octanol–water partition coefficient (Wildman–Crippen LogP) is 2.40. The van der Waals surface area contributed by atoms with Crippen LogP contribution in [0.4, 0.5) is 0 Å². The van der Waals surface area contributed by atoms with Crippen LogP contribution in [-0.2, 0) is 12.5 Å². The van der Waals surface area contributed by atoms with E-state index in [2.05, 4.69) is 31.1 Å². The molecule has 0 aliphatic heterocycles. The fraction of sp³-hybridized carbons (Fsp3) is 0.357. The lowest BCUT2D eigenvalue weighted by molar-refractivity contribution is 0.420. The third kappa shape index (κ3) is 2.24. The molecule has 0 saturated carbocycles. The molecule has 2 N–H and O–H groups in total. The van der Waals surface area contributed by atoms with E-state index in [0.29, 0.717) is 0 Å². The van der Waals surface area contributed by atoms with Crippen molar-refractivity contribution in [2.45, 2.75) is 25.3 Å². The largest absolute Gasteiger partial charge is 0.323 e. The monoisotopic (exact) mass is 229 g/mol. The maximum absolute atomic E-state index is 6.36. The average molecular weight is 229 g/mol. The highest BCUT2D eigenvalue weighted by atomic mass is 15.2. The van der Waals surface area contributed by atoms with Crippen molar-refractivity contribution in [3.63, 3.8) is 0 Å². The summed E-state index contributed by atoms with van der Waals surface area (Å²) in [5, 5.41) is 4.18. The molecule has 90 valence electrons. The van der Waals surface area contributed by atoms with E-state index < -0.39 is 0 Å². The minimum Gasteiger partial charge on any atom is -0.323 e. The van der Waals surface area contributed by atoms with Crippen LogP contribution in [0, 0.1) is 0 Å². The van der Waals surface area contributed by atoms with Crippen LogP contribution in [0.5, 0.6) is 0 Å². The average Bonchev–Trinajstić information content (AvgIpc) is 2.76. The van der Waals surface area contributed by atoms with Crippen LogP contribution < -0.4 is 5.73 Å². The molecule has 2 aromatic rings. The Balaban J connectivity index is 2.33. The minimum absolute atomic E-state index is 0.0569. The van der Waals surface area contributed by atoms with E-state index >= 15 is 0 Å². The number of hydrogen-bond donors (Lipinski definition) is 1. The molecule has 2 rings (SSSR count). The Bertz CT molecular complexity index is 485. The highest BCUT2D eigenvalue weighted by Crippen LogP contribution is 2.34. The zero-order chi connectivity index (χ0) is 12.5. The Morgan fingerprint density at radius 1 is 1.24 bits per heavy atom. The van der Waals surface area contributed by atoms with Gasteiger partial charge in [0.15, 0.2) is 0 Å². The molecular weight excluding hydrogens is 210 g/mol. The standard InChI is InChI=1S/C14H19N3/c1-14(2,12-7-5-4-6-8-12)13(15)11-9-16-17(3)10-11/h4-10,13H,15H2,1-3H3. The van der Waals surface area contributed by atoms with Gasteiger partial charge in [0.2, 0.25) is 0 Å². The predicted molar refractivity (Wildman–Crippen MR) is 69.6 cm³/mol. The summed E-state index contributed by atoms with van der Waals surface area (Å²) in [7, 11) is 1.91. The van der Waals surface area contributed by atoms with Crippen LogP contribution in [0.15, 0.2) is 42.7 Å². The molecule has 0 saturated heterocycles. The fourth-order valence-electron chi connectivity index (χ4n) is 2.06. The van der Waals surface area contributed by atoms with Crippen LogP contribution in [0.1, 0.15) is 31.0 Å². The molecule has 0 fully saturated rings. The number of aromatic nitrogens is 2. The first-order chi connectivity index (χ1) is 8.01. The molecule has 0 aliphatic rings. The SMILES string of the molecule is Cn1cc(C(N)C(C)(C)c2ccccc2)cn1. The van der Waals surface area contributed by atoms with Gasteiger partial charge in [-0.1, -0.05) is 44.2 Å². The van der Waals surface area contributed by atoms with E-state index in [9.17, 15) is 0 Å². The molecule has 3 nitrogen and oxygen atoms in total. The summed E-state index contributed by atoms with van der Waals surface area (Å²) in [4.78, 5) is 0. The van der Waals surface area contributed by atoms with Gasteiger partial charge in [-0.15, -0.1) is 0 Å². The van der Waals surface area contributed by atoms with Crippen LogP contribution in [0.25, 0.3) is 0 Å². The van der Waals surface area contributed by atoms with Gasteiger partial charge in [-0.3, -0.25) is 4.68 Å². The van der Waals surface area contributed by atoms with E-state index in [1.165, 1.54) is 5.56 Å². The maximum Gasteiger partial charge on any atom is 0.0537 e. The number of aryl methyl sites for hydroxylation is 1. The van der Waals surface area contributed by atoms with Gasteiger partial charge in [-0.05, 0) is 5.56 Å². The second kappa shape index (κ2) is 4.34. The normalized spacial score (nSPS) is 13.6. The molecule has 0 aliphatic carbocycles. The topological polar surface area (TPSA) is 43.8 Å². The Hall–Kier alpha value is -1.61. The summed E-state index contributed by atoms with van der Waals surface area (Å²) in [6.07, 6.45) is 3.82. The van der Waals surface area contributed by atoms with Crippen LogP contribution in [0.3, 0.4) is 0 Å². The molecule has 0 bridgehead atoms. The molecule has 1 aromatic heterocycles. The lowest BCUT2D eigenvalue weighted by atomic mass is 9.76. The first-order valence-corrected chi connectivity index (χ1v) is 5.81. The zero-order valence-electron chi connectivity index (χ0n) is 10.6. The van der Waals surface area contributed by atoms with E-state index in [-0.39, 0.29) is 11.5 Å². The summed E-state index contributed by atoms with van der Waals surface area (Å²) < 4.78 is 1.79. The first-order valence-electron chi connectivity index (χ1n) is 5.81. The van der Waals surface area contributed by atoms with Crippen molar-refractivity contribution in [3.8, 4) is 0 Å². The maximum atomic E-state index is 6.36. The first kappa shape index (κ1) is 11.9. The van der Waals surface area contributed by atoms with Gasteiger partial charge in [0.05, 0.1) is 6.20 Å². The number of nitrogens with zero attached hydrogens (tertiary/aromatic N) is 2. The Labute approximate surface area is 102 Å². The van der Waals surface area contributed by atoms with Gasteiger partial charge in [0, 0.05) is 30.3 Å². The third-order valence-electron chi connectivity index (χ3n) is 3.38. The fourth-order valence-corrected chi connectivity index (χ4v) is 2.06. The van der Waals surface area contributed by atoms with Crippen LogP contribution in [-0.4, -0.2) is 9.78 Å². The van der Waals surface area contributed by atoms with Crippen molar-refractivity contribution in [2.75, 3.05) is 0 Å². The van der Waals surface area contributed by atoms with Crippen molar-refractivity contribution in [1.29, 1.82) is 0 Å². The van der Waals surface area contributed by atoms with E-state index in [4.69, 9.17) is 5.73 Å². The van der Waals surface area contributed by atoms with Gasteiger partial charge < -0.3 is 5.73 Å². The molecule has 0 radical (unpaired) electrons. The minimum atomic E-state index is -0.107. The van der Waals surface area contributed by atoms with Gasteiger partial charge in [0.1, 0.15) is 0 Å². The second-order valence-corrected chi connectivity index (χ2v) is 5.01. The summed E-state index contributed by atoms with van der Waals surface area (Å²) in [6, 6.07) is 10.3. The number of hydrogen-bond acceptors (Lipinski definition) is 2. The molecule has 1 atom stereocenters. The Kier molecular flexibility index (Phi) is 3.03. The number of rotatable bonds is 3. The van der Waals surface area contributed by atoms with Crippen molar-refractivity contribution in [2.24, 2.45) is 12.8 Å². The quantitative estimate of drug-likeness (QED) is 0.878. The van der Waals surface area contributed by atoms with E-state index in [1.54, 1.807) is 4.68 Å². The Morgan fingerprint density at radius 2 is 1.88 bits per heavy atom. The summed E-state index contributed by atoms with van der Waals surface area (Å²) in [6.45, 7) is 4.33. The highest BCUT2D eigenvalue weighted by molar-refractivity contribution is 5.29. The van der Waals surface area contributed by atoms with Crippen molar-refractivity contribution < 1.29 is 0 Å². The van der Waals surface area contributed by atoms with Crippen molar-refractivity contribution >= 4 is 0 Å². The molecule has 1 heterocycles. The lowest BCUT2D eigenvalue weighted by Gasteiger charge is -2.31. The molecular formula is C14H19N3. The molecule has 0 spiro atoms. The zero-order valence-corrected chi connectivity index (χ0v) is 10.6. The molecule has 17 heavy (non-hydrogen) atoms. The lowest BCUT2D eigenvalue weighted by Crippen LogP contribution is -2.32. The highest BCUT2D eigenvalue weighted by Gasteiger charge is 2.30. The molecule has 1 unspecified atom stereocenters. The molecule has 0 amide bonds. The molecule has 1 aromatic carbocycles. The smallest absolute Gasteiger partial charge is 0.0537 e. The summed E-state index contributed by atoms with van der Waals surface area (Å²) in [5.74, 6) is 0. The third-order valence-corrected chi connectivity index (χ3v) is 3.38. The van der Waals surface area contributed by atoms with Crippen LogP contribution in [0.2, 0.25) is 0 Å².